The molecule has 0 radical (unpaired) electrons. The fourth-order valence-corrected chi connectivity index (χ4v) is 0. The van der Waals surface area contributed by atoms with Gasteiger partial charge in [0.1, 0.15) is 0 Å². The van der Waals surface area contributed by atoms with Crippen LogP contribution in [0.2, 0.25) is 0 Å². The van der Waals surface area contributed by atoms with Crippen molar-refractivity contribution in [2.45, 2.75) is 6.92 Å². The van der Waals surface area contributed by atoms with E-state index in [0.29, 0.717) is 0 Å². The van der Waals surface area contributed by atoms with E-state index < -0.39 is 17.6 Å². The Morgan fingerprint density at radius 2 is 1.50 bits per heavy atom. The summed E-state index contributed by atoms with van der Waals surface area (Å²) in [5.41, 5.74) is 0. The zero-order chi connectivity index (χ0) is 7.15. The van der Waals surface area contributed by atoms with Crippen molar-refractivity contribution in [2.75, 3.05) is 0 Å². The van der Waals surface area contributed by atoms with Crippen LogP contribution >= 0.6 is 39.5 Å². The standard InChI is InChI=1S/C2H4O2.3BrH.Ti/c1-2(3)4;;;;/h1H3,(H,3,4);3*1H;/q;;;;+3/p-3. The third-order valence-corrected chi connectivity index (χ3v) is 0. The predicted molar refractivity (Wildman–Crippen MR) is 40.1 cm³/mol. The Balaban J connectivity index is 0. The van der Waals surface area contributed by atoms with Crippen LogP contribution < -0.4 is 0 Å². The van der Waals surface area contributed by atoms with Gasteiger partial charge in [0.15, 0.2) is 0 Å². The van der Waals surface area contributed by atoms with Crippen LogP contribution in [0.5, 0.6) is 0 Å². The summed E-state index contributed by atoms with van der Waals surface area (Å²) in [6.45, 7) is 1.08. The minimum absolute atomic E-state index is 0.833. The van der Waals surface area contributed by atoms with E-state index in [0.717, 1.165) is 6.92 Å². The molecule has 0 aromatic rings. The number of aliphatic carboxylic acids is 1. The second-order valence-corrected chi connectivity index (χ2v) is 24.4. The van der Waals surface area contributed by atoms with Crippen LogP contribution in [0, 0.1) is 0 Å². The van der Waals surface area contributed by atoms with E-state index in [1.54, 1.807) is 0 Å². The molecule has 0 bridgehead atoms. The molecule has 0 rings (SSSR count). The molecule has 0 heterocycles. The fraction of sp³-hybridized carbons (Fsp3) is 0.500. The van der Waals surface area contributed by atoms with Gasteiger partial charge in [-0.05, 0) is 0 Å². The maximum absolute atomic E-state index is 9.00. The molecule has 2 nitrogen and oxygen atoms in total. The molecule has 6 heteroatoms. The molecule has 0 saturated heterocycles. The molecular weight excluding hydrogens is 344 g/mol. The molecule has 49 valence electrons. The summed E-state index contributed by atoms with van der Waals surface area (Å²) < 4.78 is 0. The Morgan fingerprint density at radius 3 is 1.50 bits per heavy atom. The van der Waals surface area contributed by atoms with Gasteiger partial charge in [0.25, 0.3) is 5.97 Å². The Bertz CT molecular complexity index is 59.5. The van der Waals surface area contributed by atoms with E-state index in [-0.39, 0.29) is 0 Å². The third kappa shape index (κ3) is 127. The van der Waals surface area contributed by atoms with Crippen LogP contribution in [0.4, 0.5) is 0 Å². The number of hydrogen-bond acceptors (Lipinski definition) is 1. The molecule has 0 amide bonds. The van der Waals surface area contributed by atoms with E-state index in [1.165, 1.54) is 0 Å². The van der Waals surface area contributed by atoms with E-state index in [1.807, 2.05) is 0 Å². The molecule has 8 heavy (non-hydrogen) atoms. The molecule has 1 N–H and O–H groups in total. The van der Waals surface area contributed by atoms with Crippen molar-refractivity contribution < 1.29 is 21.5 Å². The average Bonchev–Trinajstić information content (AvgIpc) is 1.25. The van der Waals surface area contributed by atoms with Crippen molar-refractivity contribution in [2.24, 2.45) is 0 Å². The van der Waals surface area contributed by atoms with Crippen molar-refractivity contribution in [3.8, 4) is 0 Å². The monoisotopic (exact) mass is 345 g/mol. The van der Waals surface area contributed by atoms with E-state index >= 15 is 0 Å². The van der Waals surface area contributed by atoms with Gasteiger partial charge in [-0.1, -0.05) is 0 Å². The number of halogens is 3. The number of carboxylic acid groups (broad SMARTS) is 1. The molecule has 0 fully saturated rings. The predicted octanol–water partition coefficient (Wildman–Crippen LogP) is 2.63. The quantitative estimate of drug-likeness (QED) is 0.684. The molecule has 0 saturated carbocycles. The number of carbonyl (C=O) groups is 1. The van der Waals surface area contributed by atoms with Gasteiger partial charge in [-0.15, -0.1) is 0 Å². The molecule has 0 aromatic carbocycles. The SMILES string of the molecule is CC(=O)O.[Br][Ti]([Br])[Br]. The van der Waals surface area contributed by atoms with Crippen LogP contribution in [0.15, 0.2) is 0 Å². The molecule has 0 aliphatic heterocycles. The number of carboxylic acids is 1. The van der Waals surface area contributed by atoms with Gasteiger partial charge >= 0.3 is 51.1 Å². The molecule has 0 aliphatic carbocycles. The summed E-state index contributed by atoms with van der Waals surface area (Å²) in [5, 5.41) is 7.42. The number of rotatable bonds is 0. The van der Waals surface area contributed by atoms with E-state index in [2.05, 4.69) is 39.5 Å². The first kappa shape index (κ1) is 12.3. The first-order valence-electron chi connectivity index (χ1n) is 1.49. The Labute approximate surface area is 73.0 Å². The molecule has 0 aliphatic rings. The molecular formula is C2H4Br3O2Ti. The van der Waals surface area contributed by atoms with Gasteiger partial charge in [-0.25, -0.2) is 0 Å². The summed E-state index contributed by atoms with van der Waals surface area (Å²) in [7, 11) is 0. The summed E-state index contributed by atoms with van der Waals surface area (Å²) in [5.74, 6) is -0.833. The fourth-order valence-electron chi connectivity index (χ4n) is 0. The zero-order valence-corrected chi connectivity index (χ0v) is 10.3. The second-order valence-electron chi connectivity index (χ2n) is 0.733. The zero-order valence-electron chi connectivity index (χ0n) is 3.99. The van der Waals surface area contributed by atoms with Crippen molar-refractivity contribution in [1.82, 2.24) is 0 Å². The Hall–Kier alpha value is 1.62. The maximum atomic E-state index is 9.00. The first-order chi connectivity index (χ1) is 3.46. The third-order valence-electron chi connectivity index (χ3n) is 0. The van der Waals surface area contributed by atoms with E-state index in [9.17, 15) is 0 Å². The summed E-state index contributed by atoms with van der Waals surface area (Å²) in [6, 6.07) is 0. The van der Waals surface area contributed by atoms with Crippen molar-refractivity contribution in [1.29, 1.82) is 0 Å². The normalized spacial score (nSPS) is 6.50. The van der Waals surface area contributed by atoms with Gasteiger partial charge < -0.3 is 5.11 Å². The van der Waals surface area contributed by atoms with Crippen molar-refractivity contribution in [3.05, 3.63) is 0 Å². The van der Waals surface area contributed by atoms with Gasteiger partial charge in [-0.2, -0.15) is 0 Å². The van der Waals surface area contributed by atoms with Crippen LogP contribution in [-0.4, -0.2) is 11.1 Å². The summed E-state index contributed by atoms with van der Waals surface area (Å²) >= 11 is 8.92. The summed E-state index contributed by atoms with van der Waals surface area (Å²) in [4.78, 5) is 9.00. The van der Waals surface area contributed by atoms with Gasteiger partial charge in [0.2, 0.25) is 0 Å². The molecule has 0 atom stereocenters. The van der Waals surface area contributed by atoms with Crippen LogP contribution in [0.1, 0.15) is 6.92 Å². The molecule has 0 spiro atoms. The molecule has 0 aromatic heterocycles. The number of hydrogen-bond donors (Lipinski definition) is 1. The van der Waals surface area contributed by atoms with Gasteiger partial charge in [0.05, 0.1) is 0 Å². The molecule has 0 unspecified atom stereocenters. The minimum atomic E-state index is -0.896. The van der Waals surface area contributed by atoms with E-state index in [4.69, 9.17) is 9.90 Å². The van der Waals surface area contributed by atoms with Crippen molar-refractivity contribution >= 4 is 45.5 Å². The Morgan fingerprint density at radius 1 is 1.50 bits per heavy atom. The first-order valence-corrected chi connectivity index (χ1v) is 13.1. The average molecular weight is 348 g/mol. The van der Waals surface area contributed by atoms with Gasteiger partial charge in [-0.3, -0.25) is 4.79 Å². The van der Waals surface area contributed by atoms with Crippen LogP contribution in [-0.2, 0) is 16.4 Å². The second kappa shape index (κ2) is 8.62. The van der Waals surface area contributed by atoms with Crippen molar-refractivity contribution in [3.63, 3.8) is 0 Å². The van der Waals surface area contributed by atoms with Crippen LogP contribution in [0.3, 0.4) is 0 Å². The van der Waals surface area contributed by atoms with Gasteiger partial charge in [0, 0.05) is 6.92 Å². The summed E-state index contributed by atoms with van der Waals surface area (Å²) in [6.07, 6.45) is 0. The Kier molecular flexibility index (Phi) is 13.3. The topological polar surface area (TPSA) is 37.3 Å². The van der Waals surface area contributed by atoms with Crippen LogP contribution in [0.25, 0.3) is 0 Å².